The molecular formula is C21H24O7. The lowest BCUT2D eigenvalue weighted by Crippen LogP contribution is -2.14. The van der Waals surface area contributed by atoms with Gasteiger partial charge in [-0.1, -0.05) is 13.0 Å². The Balaban J connectivity index is 2.68. The second-order valence-electron chi connectivity index (χ2n) is 6.03. The number of phenolic OH excluding ortho intramolecular Hbond substituents is 1. The maximum Gasteiger partial charge on any atom is 0.341 e. The largest absolute Gasteiger partial charge is 0.506 e. The minimum atomic E-state index is -0.741. The Morgan fingerprint density at radius 3 is 1.75 bits per heavy atom. The van der Waals surface area contributed by atoms with Crippen molar-refractivity contribution in [3.05, 3.63) is 52.1 Å². The van der Waals surface area contributed by atoms with E-state index < -0.39 is 17.7 Å². The van der Waals surface area contributed by atoms with E-state index in [9.17, 15) is 14.7 Å². The highest BCUT2D eigenvalue weighted by atomic mass is 16.5. The number of aromatic hydroxyl groups is 1. The number of aryl methyl sites for hydroxylation is 1. The van der Waals surface area contributed by atoms with Crippen LogP contribution in [0.1, 0.15) is 44.3 Å². The molecule has 0 saturated heterocycles. The summed E-state index contributed by atoms with van der Waals surface area (Å²) in [6, 6.07) is 7.06. The smallest absolute Gasteiger partial charge is 0.341 e. The van der Waals surface area contributed by atoms with E-state index in [2.05, 4.69) is 0 Å². The van der Waals surface area contributed by atoms with Crippen LogP contribution in [0.15, 0.2) is 24.3 Å². The summed E-state index contributed by atoms with van der Waals surface area (Å²) in [6.45, 7) is 1.84. The van der Waals surface area contributed by atoms with E-state index in [1.54, 1.807) is 38.5 Å². The molecule has 0 aromatic heterocycles. The molecule has 0 amide bonds. The zero-order valence-corrected chi connectivity index (χ0v) is 16.6. The number of rotatable bonds is 7. The van der Waals surface area contributed by atoms with Crippen LogP contribution in [0, 0.1) is 0 Å². The SMILES string of the molecule is CCc1cc(Cc2cc(OC)cc(OC)c2)c(C(=O)OC)c(O)c1C(=O)OC. The minimum Gasteiger partial charge on any atom is -0.506 e. The fraction of sp³-hybridized carbons (Fsp3) is 0.333. The van der Waals surface area contributed by atoms with E-state index in [-0.39, 0.29) is 11.1 Å². The third kappa shape index (κ3) is 4.19. The van der Waals surface area contributed by atoms with Gasteiger partial charge in [-0.3, -0.25) is 0 Å². The van der Waals surface area contributed by atoms with Crippen molar-refractivity contribution in [3.63, 3.8) is 0 Å². The van der Waals surface area contributed by atoms with Crippen LogP contribution in [0.2, 0.25) is 0 Å². The minimum absolute atomic E-state index is 0.0302. The highest BCUT2D eigenvalue weighted by Crippen LogP contribution is 2.34. The number of hydrogen-bond donors (Lipinski definition) is 1. The molecule has 0 aliphatic heterocycles. The summed E-state index contributed by atoms with van der Waals surface area (Å²) < 4.78 is 20.2. The normalized spacial score (nSPS) is 10.3. The molecule has 0 unspecified atom stereocenters. The van der Waals surface area contributed by atoms with Crippen LogP contribution < -0.4 is 9.47 Å². The number of hydrogen-bond acceptors (Lipinski definition) is 7. The van der Waals surface area contributed by atoms with Crippen LogP contribution in [0.25, 0.3) is 0 Å². The van der Waals surface area contributed by atoms with Gasteiger partial charge in [0.2, 0.25) is 0 Å². The van der Waals surface area contributed by atoms with Gasteiger partial charge in [0.25, 0.3) is 0 Å². The molecule has 2 aromatic rings. The second-order valence-corrected chi connectivity index (χ2v) is 6.03. The average Bonchev–Trinajstić information content (AvgIpc) is 2.71. The van der Waals surface area contributed by atoms with E-state index in [1.165, 1.54) is 14.2 Å². The molecule has 7 heteroatoms. The summed E-state index contributed by atoms with van der Waals surface area (Å²) in [5.41, 5.74) is 1.79. The number of benzene rings is 2. The number of carbonyl (C=O) groups excluding carboxylic acids is 2. The Bertz CT molecular complexity index is 865. The first-order valence-corrected chi connectivity index (χ1v) is 8.66. The highest BCUT2D eigenvalue weighted by Gasteiger charge is 2.27. The molecule has 0 radical (unpaired) electrons. The van der Waals surface area contributed by atoms with Crippen molar-refractivity contribution in [2.45, 2.75) is 19.8 Å². The molecule has 28 heavy (non-hydrogen) atoms. The summed E-state index contributed by atoms with van der Waals surface area (Å²) in [5, 5.41) is 10.7. The quantitative estimate of drug-likeness (QED) is 0.729. The van der Waals surface area contributed by atoms with Gasteiger partial charge < -0.3 is 24.1 Å². The average molecular weight is 388 g/mol. The molecule has 1 N–H and O–H groups in total. The molecule has 2 rings (SSSR count). The van der Waals surface area contributed by atoms with Crippen molar-refractivity contribution in [3.8, 4) is 17.2 Å². The van der Waals surface area contributed by atoms with Gasteiger partial charge in [-0.15, -0.1) is 0 Å². The first-order chi connectivity index (χ1) is 13.4. The monoisotopic (exact) mass is 388 g/mol. The Hall–Kier alpha value is -3.22. The summed E-state index contributed by atoms with van der Waals surface area (Å²) in [4.78, 5) is 24.5. The second kappa shape index (κ2) is 9.12. The molecule has 0 heterocycles. The number of carbonyl (C=O) groups is 2. The predicted molar refractivity (Wildman–Crippen MR) is 103 cm³/mol. The van der Waals surface area contributed by atoms with Crippen LogP contribution in [-0.2, 0) is 22.3 Å². The van der Waals surface area contributed by atoms with Gasteiger partial charge in [0.1, 0.15) is 28.4 Å². The molecule has 2 aromatic carbocycles. The van der Waals surface area contributed by atoms with Gasteiger partial charge in [0, 0.05) is 6.07 Å². The first-order valence-electron chi connectivity index (χ1n) is 8.66. The summed E-state index contributed by atoms with van der Waals surface area (Å²) >= 11 is 0. The van der Waals surface area contributed by atoms with Gasteiger partial charge in [0.15, 0.2) is 0 Å². The standard InChI is InChI=1S/C21H24O7/c1-6-13-10-14(7-12-8-15(25-2)11-16(9-12)26-3)18(21(24)28-5)19(22)17(13)20(23)27-4/h8-11,22H,6-7H2,1-5H3. The van der Waals surface area contributed by atoms with Crippen molar-refractivity contribution in [1.82, 2.24) is 0 Å². The van der Waals surface area contributed by atoms with Gasteiger partial charge in [-0.2, -0.15) is 0 Å². The number of phenols is 1. The van der Waals surface area contributed by atoms with Crippen LogP contribution in [0.3, 0.4) is 0 Å². The van der Waals surface area contributed by atoms with Crippen molar-refractivity contribution in [2.24, 2.45) is 0 Å². The number of methoxy groups -OCH3 is 4. The van der Waals surface area contributed by atoms with Gasteiger partial charge in [-0.05, 0) is 41.7 Å². The maximum atomic E-state index is 12.4. The summed E-state index contributed by atoms with van der Waals surface area (Å²) in [5.74, 6) is -0.702. The predicted octanol–water partition coefficient (Wildman–Crippen LogP) is 3.14. The van der Waals surface area contributed by atoms with Crippen LogP contribution >= 0.6 is 0 Å². The molecule has 0 aliphatic carbocycles. The van der Waals surface area contributed by atoms with Gasteiger partial charge in [-0.25, -0.2) is 9.59 Å². The molecule has 0 spiro atoms. The third-order valence-corrected chi connectivity index (χ3v) is 4.43. The van der Waals surface area contributed by atoms with Gasteiger partial charge in [0.05, 0.1) is 28.4 Å². The number of esters is 2. The molecule has 150 valence electrons. The van der Waals surface area contributed by atoms with E-state index in [1.807, 2.05) is 6.92 Å². The zero-order valence-electron chi connectivity index (χ0n) is 16.6. The third-order valence-electron chi connectivity index (χ3n) is 4.43. The molecule has 0 saturated carbocycles. The Kier molecular flexibility index (Phi) is 6.87. The summed E-state index contributed by atoms with van der Waals surface area (Å²) in [6.07, 6.45) is 0.758. The zero-order chi connectivity index (χ0) is 20.8. The molecule has 7 nitrogen and oxygen atoms in total. The summed E-state index contributed by atoms with van der Waals surface area (Å²) in [7, 11) is 5.52. The van der Waals surface area contributed by atoms with Crippen molar-refractivity contribution in [2.75, 3.05) is 28.4 Å². The Labute approximate surface area is 163 Å². The Morgan fingerprint density at radius 2 is 1.32 bits per heavy atom. The van der Waals surface area contributed by atoms with E-state index >= 15 is 0 Å². The molecule has 0 fully saturated rings. The van der Waals surface area contributed by atoms with Crippen LogP contribution in [-0.4, -0.2) is 45.5 Å². The van der Waals surface area contributed by atoms with Crippen molar-refractivity contribution < 1.29 is 33.6 Å². The highest BCUT2D eigenvalue weighted by molar-refractivity contribution is 6.02. The van der Waals surface area contributed by atoms with Crippen molar-refractivity contribution >= 4 is 11.9 Å². The molecule has 0 bridgehead atoms. The molecular weight excluding hydrogens is 364 g/mol. The topological polar surface area (TPSA) is 91.3 Å². The van der Waals surface area contributed by atoms with Crippen LogP contribution in [0.4, 0.5) is 0 Å². The lowest BCUT2D eigenvalue weighted by atomic mass is 9.91. The molecule has 0 aliphatic rings. The lowest BCUT2D eigenvalue weighted by Gasteiger charge is -2.17. The molecule has 0 atom stereocenters. The van der Waals surface area contributed by atoms with Gasteiger partial charge >= 0.3 is 11.9 Å². The maximum absolute atomic E-state index is 12.4. The van der Waals surface area contributed by atoms with Crippen molar-refractivity contribution in [1.29, 1.82) is 0 Å². The van der Waals surface area contributed by atoms with E-state index in [0.717, 1.165) is 5.56 Å². The van der Waals surface area contributed by atoms with E-state index in [0.29, 0.717) is 35.5 Å². The lowest BCUT2D eigenvalue weighted by molar-refractivity contribution is 0.0591. The first kappa shape index (κ1) is 21.1. The number of ether oxygens (including phenoxy) is 4. The van der Waals surface area contributed by atoms with E-state index in [4.69, 9.17) is 18.9 Å². The Morgan fingerprint density at radius 1 is 0.821 bits per heavy atom. The fourth-order valence-electron chi connectivity index (χ4n) is 3.05. The van der Waals surface area contributed by atoms with Crippen LogP contribution in [0.5, 0.6) is 17.2 Å². The fourth-order valence-corrected chi connectivity index (χ4v) is 3.05.